The Kier molecular flexibility index (Phi) is 4.55. The summed E-state index contributed by atoms with van der Waals surface area (Å²) in [4.78, 5) is 37.5. The highest BCUT2D eigenvalue weighted by molar-refractivity contribution is 6.05. The van der Waals surface area contributed by atoms with E-state index in [0.717, 1.165) is 32.0 Å². The molecule has 0 unspecified atom stereocenters. The molecule has 1 N–H and O–H groups in total. The number of benzene rings is 1. The molecule has 2 aromatic heterocycles. The molecule has 1 aromatic carbocycles. The van der Waals surface area contributed by atoms with Gasteiger partial charge in [0.25, 0.3) is 5.91 Å². The zero-order valence-electron chi connectivity index (χ0n) is 14.9. The maximum Gasteiger partial charge on any atom is 0.349 e. The number of rotatable bonds is 3. The molecule has 4 rings (SSSR count). The van der Waals surface area contributed by atoms with E-state index in [1.165, 1.54) is 12.4 Å². The molecular weight excluding hydrogens is 346 g/mol. The molecule has 1 amide bonds. The van der Waals surface area contributed by atoms with E-state index in [1.54, 1.807) is 24.3 Å². The van der Waals surface area contributed by atoms with Gasteiger partial charge in [-0.2, -0.15) is 0 Å². The van der Waals surface area contributed by atoms with Crippen LogP contribution in [0.15, 0.2) is 51.9 Å². The van der Waals surface area contributed by atoms with Crippen molar-refractivity contribution in [1.29, 1.82) is 0 Å². The molecule has 0 radical (unpaired) electrons. The maximum atomic E-state index is 12.6. The van der Waals surface area contributed by atoms with Crippen molar-refractivity contribution >= 4 is 28.5 Å². The van der Waals surface area contributed by atoms with Crippen LogP contribution >= 0.6 is 0 Å². The van der Waals surface area contributed by atoms with Crippen molar-refractivity contribution in [3.05, 3.63) is 58.7 Å². The molecule has 0 atom stereocenters. The molecular formula is C19H19N5O3. The first-order valence-electron chi connectivity index (χ1n) is 8.70. The van der Waals surface area contributed by atoms with Gasteiger partial charge < -0.3 is 19.5 Å². The number of aromatic nitrogens is 2. The van der Waals surface area contributed by atoms with Gasteiger partial charge in [-0.3, -0.25) is 4.79 Å². The van der Waals surface area contributed by atoms with Gasteiger partial charge in [0.1, 0.15) is 29.1 Å². The molecule has 1 fully saturated rings. The quantitative estimate of drug-likeness (QED) is 0.705. The van der Waals surface area contributed by atoms with Crippen LogP contribution in [0.2, 0.25) is 0 Å². The van der Waals surface area contributed by atoms with E-state index in [1.807, 2.05) is 6.07 Å². The average molecular weight is 365 g/mol. The van der Waals surface area contributed by atoms with E-state index in [0.29, 0.717) is 16.8 Å². The first kappa shape index (κ1) is 17.2. The first-order valence-corrected chi connectivity index (χ1v) is 8.70. The molecule has 138 valence electrons. The van der Waals surface area contributed by atoms with E-state index in [2.05, 4.69) is 32.1 Å². The highest BCUT2D eigenvalue weighted by Gasteiger charge is 2.18. The second kappa shape index (κ2) is 7.16. The number of hydrogen-bond donors (Lipinski definition) is 1. The minimum atomic E-state index is -0.681. The number of hydrogen-bond acceptors (Lipinski definition) is 7. The normalized spacial score (nSPS) is 15.1. The van der Waals surface area contributed by atoms with E-state index in [4.69, 9.17) is 4.42 Å². The number of anilines is 2. The monoisotopic (exact) mass is 365 g/mol. The molecule has 27 heavy (non-hydrogen) atoms. The number of likely N-dealkylation sites (N-methyl/N-ethyl adjacent to an activating group) is 1. The van der Waals surface area contributed by atoms with Crippen molar-refractivity contribution in [3.63, 3.8) is 0 Å². The summed E-state index contributed by atoms with van der Waals surface area (Å²) in [5.74, 6) is 0.535. The van der Waals surface area contributed by atoms with Crippen LogP contribution < -0.4 is 15.8 Å². The molecule has 1 saturated heterocycles. The molecule has 1 aliphatic heterocycles. The van der Waals surface area contributed by atoms with Gasteiger partial charge in [-0.25, -0.2) is 14.8 Å². The Morgan fingerprint density at radius 1 is 1.11 bits per heavy atom. The average Bonchev–Trinajstić information content (AvgIpc) is 2.68. The third kappa shape index (κ3) is 3.65. The van der Waals surface area contributed by atoms with Crippen LogP contribution in [0, 0.1) is 0 Å². The Hall–Kier alpha value is -3.26. The van der Waals surface area contributed by atoms with Crippen molar-refractivity contribution in [2.45, 2.75) is 0 Å². The molecule has 3 heterocycles. The molecule has 0 bridgehead atoms. The number of para-hydroxylation sites is 1. The van der Waals surface area contributed by atoms with E-state index in [9.17, 15) is 9.59 Å². The summed E-state index contributed by atoms with van der Waals surface area (Å²) in [5, 5.41) is 3.35. The first-order chi connectivity index (χ1) is 13.1. The lowest BCUT2D eigenvalue weighted by atomic mass is 10.2. The lowest BCUT2D eigenvalue weighted by molar-refractivity contribution is 0.102. The van der Waals surface area contributed by atoms with Gasteiger partial charge in [0.05, 0.1) is 0 Å². The third-order valence-corrected chi connectivity index (χ3v) is 4.61. The number of amides is 1. The fourth-order valence-electron chi connectivity index (χ4n) is 3.03. The Bertz CT molecular complexity index is 1040. The number of piperazine rings is 1. The third-order valence-electron chi connectivity index (χ3n) is 4.61. The predicted molar refractivity (Wildman–Crippen MR) is 102 cm³/mol. The summed E-state index contributed by atoms with van der Waals surface area (Å²) in [6, 6.07) is 10.3. The molecule has 0 spiro atoms. The number of nitrogens with zero attached hydrogens (tertiary/aromatic N) is 4. The Balaban J connectivity index is 1.56. The van der Waals surface area contributed by atoms with Gasteiger partial charge in [-0.1, -0.05) is 18.2 Å². The van der Waals surface area contributed by atoms with Gasteiger partial charge in [0.15, 0.2) is 0 Å². The number of carbonyl (C=O) groups is 1. The fourth-order valence-corrected chi connectivity index (χ4v) is 3.03. The summed E-state index contributed by atoms with van der Waals surface area (Å²) in [6.07, 6.45) is 1.41. The van der Waals surface area contributed by atoms with Gasteiger partial charge >= 0.3 is 5.63 Å². The SMILES string of the molecule is CN1CCN(c2cc(NC(=O)c3cc4ccccc4oc3=O)ncn2)CC1. The van der Waals surface area contributed by atoms with Crippen LogP contribution in [0.25, 0.3) is 11.0 Å². The lowest BCUT2D eigenvalue weighted by Gasteiger charge is -2.33. The largest absolute Gasteiger partial charge is 0.422 e. The molecule has 8 nitrogen and oxygen atoms in total. The summed E-state index contributed by atoms with van der Waals surface area (Å²) in [7, 11) is 2.08. The number of carbonyl (C=O) groups excluding carboxylic acids is 1. The number of fused-ring (bicyclic) bond motifs is 1. The van der Waals surface area contributed by atoms with E-state index in [-0.39, 0.29) is 5.56 Å². The lowest BCUT2D eigenvalue weighted by Crippen LogP contribution is -2.44. The predicted octanol–water partition coefficient (Wildman–Crippen LogP) is 1.59. The number of nitrogens with one attached hydrogen (secondary N) is 1. The Morgan fingerprint density at radius 3 is 2.70 bits per heavy atom. The highest BCUT2D eigenvalue weighted by atomic mass is 16.4. The zero-order valence-corrected chi connectivity index (χ0v) is 14.9. The smallest absolute Gasteiger partial charge is 0.349 e. The standard InChI is InChI=1S/C19H19N5O3/c1-23-6-8-24(9-7-23)17-11-16(20-12-21-17)22-18(25)14-10-13-4-2-3-5-15(13)27-19(14)26/h2-5,10-12H,6-9H2,1H3,(H,20,21,22,25). The Morgan fingerprint density at radius 2 is 1.89 bits per heavy atom. The van der Waals surface area contributed by atoms with Gasteiger partial charge in [0.2, 0.25) is 0 Å². The van der Waals surface area contributed by atoms with E-state index < -0.39 is 11.5 Å². The summed E-state index contributed by atoms with van der Waals surface area (Å²) in [5.41, 5.74) is -0.300. The molecule has 8 heteroatoms. The second-order valence-electron chi connectivity index (χ2n) is 6.49. The van der Waals surface area contributed by atoms with E-state index >= 15 is 0 Å². The fraction of sp³-hybridized carbons (Fsp3) is 0.263. The Labute approximate surface area is 155 Å². The van der Waals surface area contributed by atoms with Crippen LogP contribution in [0.5, 0.6) is 0 Å². The van der Waals surface area contributed by atoms with Crippen LogP contribution in [0.1, 0.15) is 10.4 Å². The summed E-state index contributed by atoms with van der Waals surface area (Å²) >= 11 is 0. The van der Waals surface area contributed by atoms with Crippen molar-refractivity contribution in [3.8, 4) is 0 Å². The van der Waals surface area contributed by atoms with Crippen LogP contribution in [-0.4, -0.2) is 54.0 Å². The molecule has 0 aliphatic carbocycles. The molecule has 1 aliphatic rings. The maximum absolute atomic E-state index is 12.6. The van der Waals surface area contributed by atoms with Gasteiger partial charge in [-0.05, 0) is 19.2 Å². The molecule has 0 saturated carbocycles. The van der Waals surface area contributed by atoms with Gasteiger partial charge in [0, 0.05) is 37.6 Å². The van der Waals surface area contributed by atoms with Gasteiger partial charge in [-0.15, -0.1) is 0 Å². The topological polar surface area (TPSA) is 91.6 Å². The summed E-state index contributed by atoms with van der Waals surface area (Å²) < 4.78 is 5.22. The van der Waals surface area contributed by atoms with Crippen LogP contribution in [0.4, 0.5) is 11.6 Å². The second-order valence-corrected chi connectivity index (χ2v) is 6.49. The molecule has 3 aromatic rings. The van der Waals surface area contributed by atoms with Crippen molar-refractivity contribution < 1.29 is 9.21 Å². The summed E-state index contributed by atoms with van der Waals surface area (Å²) in [6.45, 7) is 3.61. The van der Waals surface area contributed by atoms with Crippen LogP contribution in [-0.2, 0) is 0 Å². The van der Waals surface area contributed by atoms with Crippen molar-refractivity contribution in [2.24, 2.45) is 0 Å². The zero-order chi connectivity index (χ0) is 18.8. The minimum Gasteiger partial charge on any atom is -0.422 e. The van der Waals surface area contributed by atoms with Crippen molar-refractivity contribution in [2.75, 3.05) is 43.4 Å². The highest BCUT2D eigenvalue weighted by Crippen LogP contribution is 2.17. The van der Waals surface area contributed by atoms with Crippen LogP contribution in [0.3, 0.4) is 0 Å². The van der Waals surface area contributed by atoms with Crippen molar-refractivity contribution in [1.82, 2.24) is 14.9 Å². The minimum absolute atomic E-state index is 0.0616.